The highest BCUT2D eigenvalue weighted by Crippen LogP contribution is 2.31. The standard InChI is InChI=1S/C8H13F3NO5S2/c9-8(10,11)18(13,14)12-19(15,16)17-6-7-4-2-1-3-5-7/h7H,1-6H2/q-1. The van der Waals surface area contributed by atoms with Crippen LogP contribution in [0.1, 0.15) is 32.1 Å². The van der Waals surface area contributed by atoms with Gasteiger partial charge in [0.05, 0.1) is 6.61 Å². The molecule has 0 aromatic carbocycles. The Kier molecular flexibility index (Phi) is 5.21. The first-order valence-corrected chi connectivity index (χ1v) is 8.29. The molecule has 0 N–H and O–H groups in total. The lowest BCUT2D eigenvalue weighted by Gasteiger charge is -2.25. The molecular weight excluding hydrogens is 311 g/mol. The van der Waals surface area contributed by atoms with Crippen LogP contribution in [-0.4, -0.2) is 29.0 Å². The van der Waals surface area contributed by atoms with E-state index in [0.29, 0.717) is 12.8 Å². The average molecular weight is 324 g/mol. The first-order valence-electron chi connectivity index (χ1n) is 5.48. The smallest absolute Gasteiger partial charge is 0.404 e. The van der Waals surface area contributed by atoms with Gasteiger partial charge in [-0.25, -0.2) is 16.8 Å². The van der Waals surface area contributed by atoms with Crippen molar-refractivity contribution in [2.24, 2.45) is 5.92 Å². The van der Waals surface area contributed by atoms with Gasteiger partial charge in [0, 0.05) is 0 Å². The van der Waals surface area contributed by atoms with E-state index in [-0.39, 0.29) is 12.5 Å². The van der Waals surface area contributed by atoms with Crippen LogP contribution in [0.2, 0.25) is 0 Å². The predicted molar refractivity (Wildman–Crippen MR) is 59.8 cm³/mol. The summed E-state index contributed by atoms with van der Waals surface area (Å²) >= 11 is 0. The molecule has 1 aliphatic carbocycles. The van der Waals surface area contributed by atoms with Crippen LogP contribution in [-0.2, 0) is 24.5 Å². The van der Waals surface area contributed by atoms with Gasteiger partial charge in [0.25, 0.3) is 0 Å². The molecule has 0 aliphatic heterocycles. The van der Waals surface area contributed by atoms with Crippen LogP contribution in [0.4, 0.5) is 13.2 Å². The summed E-state index contributed by atoms with van der Waals surface area (Å²) in [5, 5.41) is 0. The fourth-order valence-corrected chi connectivity index (χ4v) is 3.56. The molecule has 0 heterocycles. The van der Waals surface area contributed by atoms with Crippen LogP contribution < -0.4 is 0 Å². The Morgan fingerprint density at radius 3 is 2.05 bits per heavy atom. The van der Waals surface area contributed by atoms with E-state index in [9.17, 15) is 30.0 Å². The summed E-state index contributed by atoms with van der Waals surface area (Å²) in [4.78, 5) is 0. The first kappa shape index (κ1) is 16.7. The molecule has 114 valence electrons. The number of hydrogen-bond acceptors (Lipinski definition) is 5. The lowest BCUT2D eigenvalue weighted by molar-refractivity contribution is -0.0425. The maximum atomic E-state index is 12.0. The maximum absolute atomic E-state index is 12.0. The minimum Gasteiger partial charge on any atom is -0.404 e. The van der Waals surface area contributed by atoms with E-state index in [2.05, 4.69) is 4.18 Å². The molecule has 0 aromatic heterocycles. The summed E-state index contributed by atoms with van der Waals surface area (Å²) in [7, 11) is -11.2. The zero-order chi connectivity index (χ0) is 14.7. The summed E-state index contributed by atoms with van der Waals surface area (Å²) in [6.45, 7) is -0.348. The van der Waals surface area contributed by atoms with Crippen LogP contribution in [0.15, 0.2) is 0 Å². The van der Waals surface area contributed by atoms with Gasteiger partial charge in [-0.1, -0.05) is 19.3 Å². The van der Waals surface area contributed by atoms with Crippen molar-refractivity contribution in [2.45, 2.75) is 37.6 Å². The van der Waals surface area contributed by atoms with Crippen LogP contribution >= 0.6 is 0 Å². The lowest BCUT2D eigenvalue weighted by Crippen LogP contribution is -2.25. The van der Waals surface area contributed by atoms with Crippen molar-refractivity contribution in [2.75, 3.05) is 6.61 Å². The summed E-state index contributed by atoms with van der Waals surface area (Å²) < 4.78 is 85.2. The minimum atomic E-state index is -6.10. The molecule has 6 nitrogen and oxygen atoms in total. The van der Waals surface area contributed by atoms with Crippen LogP contribution in [0.5, 0.6) is 0 Å². The second-order valence-corrected chi connectivity index (χ2v) is 7.31. The number of hydrogen-bond donors (Lipinski definition) is 0. The molecule has 11 heteroatoms. The van der Waals surface area contributed by atoms with Gasteiger partial charge in [-0.05, 0) is 18.8 Å². The highest BCUT2D eigenvalue weighted by molar-refractivity contribution is 8.10. The Morgan fingerprint density at radius 1 is 1.05 bits per heavy atom. The fourth-order valence-electron chi connectivity index (χ4n) is 1.72. The number of sulfonamides is 1. The molecule has 0 bridgehead atoms. The summed E-state index contributed by atoms with van der Waals surface area (Å²) in [6, 6.07) is 0. The highest BCUT2D eigenvalue weighted by atomic mass is 32.3. The summed E-state index contributed by atoms with van der Waals surface area (Å²) in [5.41, 5.74) is -5.76. The van der Waals surface area contributed by atoms with Gasteiger partial charge in [0.15, 0.2) is 10.0 Å². The van der Waals surface area contributed by atoms with Crippen molar-refractivity contribution in [3.8, 4) is 0 Å². The third kappa shape index (κ3) is 5.24. The highest BCUT2D eigenvalue weighted by Gasteiger charge is 2.40. The average Bonchev–Trinajstić information content (AvgIpc) is 2.25. The van der Waals surface area contributed by atoms with Crippen LogP contribution in [0.3, 0.4) is 0 Å². The van der Waals surface area contributed by atoms with E-state index in [1.807, 2.05) is 0 Å². The topological polar surface area (TPSA) is 91.6 Å². The zero-order valence-electron chi connectivity index (χ0n) is 9.76. The van der Waals surface area contributed by atoms with Gasteiger partial charge in [-0.15, -0.1) is 0 Å². The predicted octanol–water partition coefficient (Wildman–Crippen LogP) is 2.05. The third-order valence-corrected chi connectivity index (χ3v) is 5.19. The minimum absolute atomic E-state index is 0.104. The molecule has 1 rings (SSSR count). The Labute approximate surface area is 109 Å². The van der Waals surface area contributed by atoms with E-state index in [0.717, 1.165) is 19.3 Å². The number of alkyl halides is 3. The summed E-state index contributed by atoms with van der Waals surface area (Å²) in [5.74, 6) is -0.104. The second-order valence-electron chi connectivity index (χ2n) is 4.21. The normalized spacial score (nSPS) is 19.5. The molecule has 0 saturated heterocycles. The first-order chi connectivity index (χ1) is 8.54. The Balaban J connectivity index is 2.57. The van der Waals surface area contributed by atoms with E-state index < -0.39 is 25.8 Å². The molecule has 0 atom stereocenters. The number of nitrogens with zero attached hydrogens (tertiary/aromatic N) is 1. The Hall–Kier alpha value is -0.390. The van der Waals surface area contributed by atoms with Gasteiger partial charge >= 0.3 is 5.51 Å². The van der Waals surface area contributed by atoms with E-state index in [1.54, 1.807) is 4.13 Å². The van der Waals surface area contributed by atoms with E-state index in [4.69, 9.17) is 0 Å². The Morgan fingerprint density at radius 2 is 1.58 bits per heavy atom. The van der Waals surface area contributed by atoms with Gasteiger partial charge in [0.2, 0.25) is 10.3 Å². The quantitative estimate of drug-likeness (QED) is 0.772. The Bertz CT molecular complexity index is 493. The summed E-state index contributed by atoms with van der Waals surface area (Å²) in [6.07, 6.45) is 4.16. The second kappa shape index (κ2) is 5.94. The molecule has 0 aromatic rings. The molecule has 19 heavy (non-hydrogen) atoms. The van der Waals surface area contributed by atoms with Crippen molar-refractivity contribution >= 4 is 20.3 Å². The van der Waals surface area contributed by atoms with Crippen molar-refractivity contribution in [3.05, 3.63) is 4.13 Å². The molecule has 1 saturated carbocycles. The van der Waals surface area contributed by atoms with Gasteiger partial charge < -0.3 is 4.13 Å². The third-order valence-electron chi connectivity index (χ3n) is 2.66. The van der Waals surface area contributed by atoms with Gasteiger partial charge in [-0.3, -0.25) is 4.18 Å². The fraction of sp³-hybridized carbons (Fsp3) is 1.00. The van der Waals surface area contributed by atoms with E-state index >= 15 is 0 Å². The number of halogens is 3. The van der Waals surface area contributed by atoms with E-state index in [1.165, 1.54) is 0 Å². The molecular formula is C8H13F3NO5S2-. The van der Waals surface area contributed by atoms with Crippen molar-refractivity contribution in [1.82, 2.24) is 0 Å². The molecule has 1 aliphatic rings. The molecule has 0 radical (unpaired) electrons. The molecule has 1 fully saturated rings. The molecule has 0 amide bonds. The van der Waals surface area contributed by atoms with Gasteiger partial charge in [0.1, 0.15) is 0 Å². The van der Waals surface area contributed by atoms with Crippen LogP contribution in [0, 0.1) is 5.92 Å². The van der Waals surface area contributed by atoms with Crippen molar-refractivity contribution in [3.63, 3.8) is 0 Å². The number of rotatable bonds is 5. The zero-order valence-corrected chi connectivity index (χ0v) is 11.4. The molecule has 0 unspecified atom stereocenters. The van der Waals surface area contributed by atoms with Crippen molar-refractivity contribution < 1.29 is 34.2 Å². The largest absolute Gasteiger partial charge is 0.480 e. The maximum Gasteiger partial charge on any atom is 0.480 e. The SMILES string of the molecule is O=S(=O)([N-]S(=O)(=O)C(F)(F)F)OCC1CCCCC1. The van der Waals surface area contributed by atoms with Crippen molar-refractivity contribution in [1.29, 1.82) is 0 Å². The monoisotopic (exact) mass is 324 g/mol. The molecule has 0 spiro atoms. The lowest BCUT2D eigenvalue weighted by atomic mass is 9.90. The van der Waals surface area contributed by atoms with Crippen LogP contribution in [0.25, 0.3) is 4.13 Å². The van der Waals surface area contributed by atoms with Gasteiger partial charge in [-0.2, -0.15) is 13.2 Å².